The van der Waals surface area contributed by atoms with E-state index in [2.05, 4.69) is 15.6 Å². The van der Waals surface area contributed by atoms with Crippen LogP contribution in [0.25, 0.3) is 11.1 Å². The quantitative estimate of drug-likeness (QED) is 0.836. The molecule has 0 bridgehead atoms. The van der Waals surface area contributed by atoms with E-state index in [0.717, 1.165) is 12.1 Å². The molecule has 0 saturated heterocycles. The van der Waals surface area contributed by atoms with Crippen molar-refractivity contribution in [1.82, 2.24) is 0 Å². The monoisotopic (exact) mass is 314 g/mol. The molecule has 0 radical (unpaired) electrons. The predicted octanol–water partition coefficient (Wildman–Crippen LogP) is 2.36. The average molecular weight is 313 g/mol. The molecule has 0 atom stereocenters. The van der Waals surface area contributed by atoms with E-state index in [1.165, 1.54) is 24.3 Å². The van der Waals surface area contributed by atoms with Crippen molar-refractivity contribution in [2.24, 2.45) is 0 Å². The van der Waals surface area contributed by atoms with Gasteiger partial charge in [0.2, 0.25) is 0 Å². The molecule has 0 aliphatic carbocycles. The first kappa shape index (κ1) is 12.7. The van der Waals surface area contributed by atoms with Gasteiger partial charge in [-0.3, -0.25) is 0 Å². The summed E-state index contributed by atoms with van der Waals surface area (Å²) in [6.45, 7) is 0. The predicted molar refractivity (Wildman–Crippen MR) is 65.3 cm³/mol. The van der Waals surface area contributed by atoms with E-state index in [0.29, 0.717) is 5.56 Å². The van der Waals surface area contributed by atoms with Gasteiger partial charge < -0.3 is 0 Å². The molecule has 0 unspecified atom stereocenters. The van der Waals surface area contributed by atoms with Gasteiger partial charge in [0.1, 0.15) is 0 Å². The molecule has 0 amide bonds. The molecule has 0 aliphatic rings. The summed E-state index contributed by atoms with van der Waals surface area (Å²) in [5.41, 5.74) is 0.789. The Balaban J connectivity index is 2.58. The maximum atomic E-state index is 13.6. The zero-order chi connectivity index (χ0) is 13.3. The van der Waals surface area contributed by atoms with Gasteiger partial charge in [0, 0.05) is 0 Å². The molecule has 2 nitrogen and oxygen atoms in total. The Bertz CT molecular complexity index is 626. The van der Waals surface area contributed by atoms with E-state index in [-0.39, 0.29) is 21.5 Å². The number of aliphatic hydroxyl groups excluding tert-OH is 1. The molecule has 2 aromatic rings. The Morgan fingerprint density at radius 3 is 2.39 bits per heavy atom. The molecule has 0 aromatic heterocycles. The Labute approximate surface area is 110 Å². The van der Waals surface area contributed by atoms with Crippen LogP contribution in [0.5, 0.6) is 5.75 Å². The summed E-state index contributed by atoms with van der Waals surface area (Å²) in [5.74, 6) is -1.49. The van der Waals surface area contributed by atoms with Crippen LogP contribution in [0.3, 0.4) is 0 Å². The molecule has 0 aliphatic heterocycles. The van der Waals surface area contributed by atoms with E-state index in [1.54, 1.807) is 0 Å². The number of phenols is 1. The molecule has 5 heteroatoms. The number of halogens is 2. The third-order valence-corrected chi connectivity index (χ3v) is 2.93. The summed E-state index contributed by atoms with van der Waals surface area (Å²) in [5, 5.41) is 18.8. The first-order valence-electron chi connectivity index (χ1n) is 5.01. The summed E-state index contributed by atoms with van der Waals surface area (Å²) in [6, 6.07) is 7.46. The molecule has 18 heavy (non-hydrogen) atoms. The van der Waals surface area contributed by atoms with Gasteiger partial charge in [0.25, 0.3) is 0 Å². The molecule has 2 N–H and O–H groups in total. The van der Waals surface area contributed by atoms with Crippen molar-refractivity contribution in [3.8, 4) is 16.9 Å². The fraction of sp³-hybridized carbons (Fsp3) is 0. The van der Waals surface area contributed by atoms with Gasteiger partial charge in [0.15, 0.2) is 0 Å². The second-order valence-corrected chi connectivity index (χ2v) is 4.47. The fourth-order valence-corrected chi connectivity index (χ4v) is 1.94. The van der Waals surface area contributed by atoms with Crippen molar-refractivity contribution >= 4 is 20.2 Å². The molecule has 92 valence electrons. The molecular formula is C13H8F2O2Se. The number of phenolic OH excluding ortho intramolecular Hbond substituents is 1. The standard InChI is InChI=1S/C13H8F2O2Se/c14-8-2-3-9(11(15)6-8)7-1-4-12(16)10(5-7)13(17)18/h1-6,16H,(H,17,18). The number of benzene rings is 2. The van der Waals surface area contributed by atoms with Crippen molar-refractivity contribution in [2.75, 3.05) is 0 Å². The summed E-state index contributed by atoms with van der Waals surface area (Å²) in [4.78, 5) is 0. The van der Waals surface area contributed by atoms with Crippen molar-refractivity contribution < 1.29 is 19.0 Å². The van der Waals surface area contributed by atoms with Crippen LogP contribution in [0.4, 0.5) is 8.78 Å². The van der Waals surface area contributed by atoms with E-state index in [4.69, 9.17) is 0 Å². The minimum atomic E-state index is -0.703. The number of rotatable bonds is 2. The minimum absolute atomic E-state index is 0.127. The van der Waals surface area contributed by atoms with Crippen molar-refractivity contribution in [3.05, 3.63) is 53.6 Å². The summed E-state index contributed by atoms with van der Waals surface area (Å²) in [6.07, 6.45) is 0. The van der Waals surface area contributed by atoms with Gasteiger partial charge in [-0.1, -0.05) is 0 Å². The van der Waals surface area contributed by atoms with Crippen LogP contribution in [0.15, 0.2) is 36.4 Å². The third kappa shape index (κ3) is 2.42. The zero-order valence-electron chi connectivity index (χ0n) is 9.02. The average Bonchev–Trinajstić information content (AvgIpc) is 2.30. The zero-order valence-corrected chi connectivity index (χ0v) is 10.7. The Morgan fingerprint density at radius 1 is 1.06 bits per heavy atom. The van der Waals surface area contributed by atoms with Gasteiger partial charge in [-0.25, -0.2) is 0 Å². The normalized spacial score (nSPS) is 10.3. The van der Waals surface area contributed by atoms with E-state index < -0.39 is 11.6 Å². The van der Waals surface area contributed by atoms with Gasteiger partial charge >= 0.3 is 110 Å². The first-order valence-corrected chi connectivity index (χ1v) is 5.86. The van der Waals surface area contributed by atoms with Crippen LogP contribution < -0.4 is 0 Å². The SMILES string of the molecule is OC(=[Se])c1cc(-c2ccc(F)cc2F)ccc1O. The molecule has 2 aromatic carbocycles. The first-order chi connectivity index (χ1) is 8.49. The Kier molecular flexibility index (Phi) is 3.45. The number of aromatic hydroxyl groups is 1. The van der Waals surface area contributed by atoms with Crippen LogP contribution in [0.2, 0.25) is 0 Å². The molecule has 0 saturated carbocycles. The summed E-state index contributed by atoms with van der Waals surface area (Å²) in [7, 11) is 0. The Morgan fingerprint density at radius 2 is 1.78 bits per heavy atom. The van der Waals surface area contributed by atoms with E-state index >= 15 is 0 Å². The molecule has 2 rings (SSSR count). The van der Waals surface area contributed by atoms with Crippen LogP contribution in [-0.2, 0) is 0 Å². The maximum absolute atomic E-state index is 13.6. The second kappa shape index (κ2) is 4.88. The van der Waals surface area contributed by atoms with E-state index in [1.807, 2.05) is 0 Å². The van der Waals surface area contributed by atoms with Crippen LogP contribution in [0.1, 0.15) is 5.56 Å². The molecule has 0 spiro atoms. The van der Waals surface area contributed by atoms with Gasteiger partial charge in [-0.15, -0.1) is 0 Å². The molecular weight excluding hydrogens is 305 g/mol. The molecule has 0 heterocycles. The van der Waals surface area contributed by atoms with Crippen LogP contribution in [-0.4, -0.2) is 30.4 Å². The number of hydrogen-bond donors (Lipinski definition) is 2. The van der Waals surface area contributed by atoms with Crippen LogP contribution in [0, 0.1) is 11.6 Å². The van der Waals surface area contributed by atoms with Gasteiger partial charge in [-0.05, 0) is 0 Å². The van der Waals surface area contributed by atoms with Crippen molar-refractivity contribution in [2.45, 2.75) is 0 Å². The van der Waals surface area contributed by atoms with Crippen molar-refractivity contribution in [3.63, 3.8) is 0 Å². The fourth-order valence-electron chi connectivity index (χ4n) is 1.60. The van der Waals surface area contributed by atoms with Gasteiger partial charge in [0.05, 0.1) is 0 Å². The molecule has 0 fully saturated rings. The second-order valence-electron chi connectivity index (χ2n) is 3.66. The summed E-state index contributed by atoms with van der Waals surface area (Å²) >= 11 is 2.36. The number of hydrogen-bond acceptors (Lipinski definition) is 2. The van der Waals surface area contributed by atoms with Crippen LogP contribution >= 0.6 is 0 Å². The third-order valence-electron chi connectivity index (χ3n) is 2.47. The Hall–Kier alpha value is -1.71. The topological polar surface area (TPSA) is 40.5 Å². The van der Waals surface area contributed by atoms with Crippen molar-refractivity contribution in [1.29, 1.82) is 0 Å². The summed E-state index contributed by atoms with van der Waals surface area (Å²) < 4.78 is 26.2. The van der Waals surface area contributed by atoms with Gasteiger partial charge in [-0.2, -0.15) is 0 Å². The number of aliphatic hydroxyl groups is 1. The van der Waals surface area contributed by atoms with E-state index in [9.17, 15) is 19.0 Å².